The molecule has 0 amide bonds. The number of fused-ring (bicyclic) bond motifs is 1. The smallest absolute Gasteiger partial charge is 0.131 e. The fourth-order valence-electron chi connectivity index (χ4n) is 2.65. The van der Waals surface area contributed by atoms with Crippen molar-refractivity contribution in [1.82, 2.24) is 9.97 Å². The Morgan fingerprint density at radius 1 is 1.15 bits per heavy atom. The van der Waals surface area contributed by atoms with Crippen molar-refractivity contribution in [2.24, 2.45) is 0 Å². The lowest BCUT2D eigenvalue weighted by Gasteiger charge is -2.26. The molecule has 1 atom stereocenters. The number of aryl methyl sites for hydroxylation is 1. The summed E-state index contributed by atoms with van der Waals surface area (Å²) in [6.45, 7) is 4.06. The molecule has 0 aliphatic carbocycles. The quantitative estimate of drug-likeness (QED) is 0.762. The molecule has 0 radical (unpaired) electrons. The molecular formula is C17H18N2O. The van der Waals surface area contributed by atoms with Crippen LogP contribution in [0.1, 0.15) is 30.2 Å². The topological polar surface area (TPSA) is 48.9 Å². The highest BCUT2D eigenvalue weighted by Crippen LogP contribution is 2.33. The van der Waals surface area contributed by atoms with Crippen LogP contribution in [0.25, 0.3) is 10.8 Å². The number of aliphatic hydroxyl groups is 1. The summed E-state index contributed by atoms with van der Waals surface area (Å²) in [5.41, 5.74) is 1.84. The molecule has 20 heavy (non-hydrogen) atoms. The normalized spacial score (nSPS) is 14.3. The Kier molecular flexibility index (Phi) is 3.07. The number of rotatable bonds is 3. The molecule has 0 aliphatic heterocycles. The van der Waals surface area contributed by atoms with Crippen molar-refractivity contribution in [3.05, 3.63) is 65.7 Å². The number of benzene rings is 2. The SMILES string of the molecule is CCC(O)(c1ccc2cc(C)ccc2c1)c1cnc[nH]1. The van der Waals surface area contributed by atoms with Crippen LogP contribution in [0.15, 0.2) is 48.9 Å². The van der Waals surface area contributed by atoms with Crippen LogP contribution < -0.4 is 0 Å². The molecule has 0 spiro atoms. The lowest BCUT2D eigenvalue weighted by molar-refractivity contribution is 0.0725. The molecular weight excluding hydrogens is 248 g/mol. The van der Waals surface area contributed by atoms with Crippen LogP contribution in [0.2, 0.25) is 0 Å². The number of hydrogen-bond acceptors (Lipinski definition) is 2. The lowest BCUT2D eigenvalue weighted by Crippen LogP contribution is -2.26. The standard InChI is InChI=1S/C17H18N2O/c1-3-17(20,16-10-18-11-19-16)15-7-6-13-8-12(2)4-5-14(13)9-15/h4-11,20H,3H2,1-2H3,(H,18,19). The maximum Gasteiger partial charge on any atom is 0.131 e. The van der Waals surface area contributed by atoms with Gasteiger partial charge >= 0.3 is 0 Å². The number of nitrogens with one attached hydrogen (secondary N) is 1. The Bertz CT molecular complexity index is 734. The van der Waals surface area contributed by atoms with Crippen molar-refractivity contribution in [3.63, 3.8) is 0 Å². The van der Waals surface area contributed by atoms with Crippen LogP contribution in [-0.4, -0.2) is 15.1 Å². The highest BCUT2D eigenvalue weighted by Gasteiger charge is 2.31. The minimum absolute atomic E-state index is 0.590. The Morgan fingerprint density at radius 3 is 2.60 bits per heavy atom. The van der Waals surface area contributed by atoms with Crippen molar-refractivity contribution in [2.75, 3.05) is 0 Å². The molecule has 3 aromatic rings. The van der Waals surface area contributed by atoms with E-state index in [2.05, 4.69) is 47.2 Å². The number of aromatic amines is 1. The van der Waals surface area contributed by atoms with E-state index in [0.29, 0.717) is 6.42 Å². The second-order valence-electron chi connectivity index (χ2n) is 5.24. The van der Waals surface area contributed by atoms with Crippen LogP contribution in [-0.2, 0) is 5.60 Å². The van der Waals surface area contributed by atoms with Crippen molar-refractivity contribution >= 4 is 10.8 Å². The first-order chi connectivity index (χ1) is 9.63. The highest BCUT2D eigenvalue weighted by atomic mass is 16.3. The second kappa shape index (κ2) is 4.76. The molecule has 0 aliphatic rings. The van der Waals surface area contributed by atoms with Gasteiger partial charge in [-0.3, -0.25) is 0 Å². The van der Waals surface area contributed by atoms with Crippen LogP contribution in [0, 0.1) is 6.92 Å². The number of imidazole rings is 1. The molecule has 102 valence electrons. The van der Waals surface area contributed by atoms with Gasteiger partial charge in [-0.2, -0.15) is 0 Å². The third kappa shape index (κ3) is 2.00. The molecule has 0 saturated heterocycles. The summed E-state index contributed by atoms with van der Waals surface area (Å²) in [4.78, 5) is 7.04. The number of aromatic nitrogens is 2. The van der Waals surface area contributed by atoms with Gasteiger partial charge in [0.25, 0.3) is 0 Å². The molecule has 2 aromatic carbocycles. The summed E-state index contributed by atoms with van der Waals surface area (Å²) in [5, 5.41) is 13.3. The first-order valence-corrected chi connectivity index (χ1v) is 6.85. The summed E-state index contributed by atoms with van der Waals surface area (Å²) >= 11 is 0. The Morgan fingerprint density at radius 2 is 1.90 bits per heavy atom. The largest absolute Gasteiger partial charge is 0.379 e. The van der Waals surface area contributed by atoms with Crippen molar-refractivity contribution < 1.29 is 5.11 Å². The molecule has 0 saturated carbocycles. The van der Waals surface area contributed by atoms with Gasteiger partial charge in [0.15, 0.2) is 0 Å². The van der Waals surface area contributed by atoms with Gasteiger partial charge in [-0.1, -0.05) is 42.8 Å². The summed E-state index contributed by atoms with van der Waals surface area (Å²) < 4.78 is 0. The van der Waals surface area contributed by atoms with Crippen LogP contribution in [0.3, 0.4) is 0 Å². The third-order valence-electron chi connectivity index (χ3n) is 3.93. The minimum atomic E-state index is -1.02. The summed E-state index contributed by atoms with van der Waals surface area (Å²) in [6.07, 6.45) is 3.87. The maximum absolute atomic E-state index is 11.0. The highest BCUT2D eigenvalue weighted by molar-refractivity contribution is 5.84. The van der Waals surface area contributed by atoms with E-state index in [-0.39, 0.29) is 0 Å². The van der Waals surface area contributed by atoms with Gasteiger partial charge in [0.05, 0.1) is 18.2 Å². The zero-order valence-corrected chi connectivity index (χ0v) is 11.7. The number of nitrogens with zero attached hydrogens (tertiary/aromatic N) is 1. The van der Waals surface area contributed by atoms with E-state index in [1.807, 2.05) is 13.0 Å². The van der Waals surface area contributed by atoms with Gasteiger partial charge in [-0.15, -0.1) is 0 Å². The molecule has 1 aromatic heterocycles. The zero-order chi connectivity index (χ0) is 14.2. The van der Waals surface area contributed by atoms with Crippen molar-refractivity contribution in [1.29, 1.82) is 0 Å². The minimum Gasteiger partial charge on any atom is -0.379 e. The van der Waals surface area contributed by atoms with Crippen molar-refractivity contribution in [3.8, 4) is 0 Å². The summed E-state index contributed by atoms with van der Waals surface area (Å²) in [7, 11) is 0. The predicted molar refractivity (Wildman–Crippen MR) is 80.6 cm³/mol. The number of H-pyrrole nitrogens is 1. The average Bonchev–Trinajstić information content (AvgIpc) is 3.00. The fraction of sp³-hybridized carbons (Fsp3) is 0.235. The molecule has 0 fully saturated rings. The van der Waals surface area contributed by atoms with E-state index in [0.717, 1.165) is 16.6 Å². The first kappa shape index (κ1) is 12.9. The van der Waals surface area contributed by atoms with Crippen LogP contribution in [0.5, 0.6) is 0 Å². The molecule has 3 rings (SSSR count). The monoisotopic (exact) mass is 266 g/mol. The Labute approximate surface area is 118 Å². The Balaban J connectivity index is 2.15. The van der Waals surface area contributed by atoms with Gasteiger partial charge in [-0.25, -0.2) is 4.98 Å². The van der Waals surface area contributed by atoms with E-state index in [4.69, 9.17) is 0 Å². The predicted octanol–water partition coefficient (Wildman–Crippen LogP) is 3.52. The summed E-state index contributed by atoms with van der Waals surface area (Å²) in [5.74, 6) is 0. The van der Waals surface area contributed by atoms with Gasteiger partial charge in [0.1, 0.15) is 5.60 Å². The summed E-state index contributed by atoms with van der Waals surface area (Å²) in [6, 6.07) is 12.4. The lowest BCUT2D eigenvalue weighted by atomic mass is 9.87. The third-order valence-corrected chi connectivity index (χ3v) is 3.93. The molecule has 3 heteroatoms. The van der Waals surface area contributed by atoms with E-state index < -0.39 is 5.60 Å². The molecule has 1 heterocycles. The van der Waals surface area contributed by atoms with E-state index in [9.17, 15) is 5.11 Å². The first-order valence-electron chi connectivity index (χ1n) is 6.85. The zero-order valence-electron chi connectivity index (χ0n) is 11.7. The van der Waals surface area contributed by atoms with Gasteiger partial charge < -0.3 is 10.1 Å². The van der Waals surface area contributed by atoms with Gasteiger partial charge in [-0.05, 0) is 35.7 Å². The molecule has 2 N–H and O–H groups in total. The fourth-order valence-corrected chi connectivity index (χ4v) is 2.65. The average molecular weight is 266 g/mol. The molecule has 3 nitrogen and oxygen atoms in total. The van der Waals surface area contributed by atoms with Crippen molar-refractivity contribution in [2.45, 2.75) is 25.9 Å². The van der Waals surface area contributed by atoms with E-state index >= 15 is 0 Å². The van der Waals surface area contributed by atoms with Gasteiger partial charge in [0.2, 0.25) is 0 Å². The second-order valence-corrected chi connectivity index (χ2v) is 5.24. The van der Waals surface area contributed by atoms with E-state index in [1.54, 1.807) is 12.5 Å². The maximum atomic E-state index is 11.0. The van der Waals surface area contributed by atoms with Crippen LogP contribution in [0.4, 0.5) is 0 Å². The Hall–Kier alpha value is -2.13. The number of hydrogen-bond donors (Lipinski definition) is 2. The molecule has 1 unspecified atom stereocenters. The van der Waals surface area contributed by atoms with Crippen LogP contribution >= 0.6 is 0 Å². The van der Waals surface area contributed by atoms with Gasteiger partial charge in [0, 0.05) is 0 Å². The molecule has 0 bridgehead atoms. The van der Waals surface area contributed by atoms with E-state index in [1.165, 1.54) is 10.9 Å².